The summed E-state index contributed by atoms with van der Waals surface area (Å²) in [5, 5.41) is -2.38. The van der Waals surface area contributed by atoms with Gasteiger partial charge in [-0.1, -0.05) is 78.1 Å². The molecule has 144 valence electrons. The molecule has 0 N–H and O–H groups in total. The minimum atomic E-state index is -2.56. The van der Waals surface area contributed by atoms with E-state index < -0.39 is 38.4 Å². The molecule has 0 bridgehead atoms. The topological polar surface area (TPSA) is 97.3 Å². The quantitative estimate of drug-likeness (QED) is 0.300. The van der Waals surface area contributed by atoms with Crippen LogP contribution in [0.1, 0.15) is 90.9 Å². The molecule has 0 aromatic heterocycles. The Kier molecular flexibility index (Phi) is 15.1. The monoisotopic (exact) mass is 380 g/mol. The fourth-order valence-corrected chi connectivity index (χ4v) is 4.25. The van der Waals surface area contributed by atoms with Crippen LogP contribution in [0.5, 0.6) is 0 Å². The largest absolute Gasteiger partial charge is 0.772 e. The second-order valence-electron chi connectivity index (χ2n) is 6.31. The number of carbonyl (C=O) groups is 1. The van der Waals surface area contributed by atoms with E-state index in [0.717, 1.165) is 51.4 Å². The highest BCUT2D eigenvalue weighted by Crippen LogP contribution is 2.18. The first kappa shape index (κ1) is 23.9. The van der Waals surface area contributed by atoms with Crippen LogP contribution in [0.3, 0.4) is 0 Å². The summed E-state index contributed by atoms with van der Waals surface area (Å²) in [5.74, 6) is -0.650. The van der Waals surface area contributed by atoms with Crippen LogP contribution in [0.4, 0.5) is 0 Å². The van der Waals surface area contributed by atoms with Crippen LogP contribution in [0.2, 0.25) is 0 Å². The normalized spacial score (nSPS) is 16.5. The number of unbranched alkanes of at least 4 members (excludes halogenated alkanes) is 8. The fraction of sp³-hybridized carbons (Fsp3) is 0.941. The van der Waals surface area contributed by atoms with Gasteiger partial charge in [-0.25, -0.2) is 0 Å². The molecule has 4 unspecified atom stereocenters. The molecule has 0 aromatic carbocycles. The van der Waals surface area contributed by atoms with E-state index in [2.05, 4.69) is 13.8 Å². The number of rotatable bonds is 16. The molecule has 0 rings (SSSR count). The number of hydrogen-bond acceptors (Lipinski definition) is 5. The van der Waals surface area contributed by atoms with Crippen LogP contribution >= 0.6 is 0 Å². The third kappa shape index (κ3) is 10.7. The lowest BCUT2D eigenvalue weighted by atomic mass is 10.0. The maximum absolute atomic E-state index is 12.4. The van der Waals surface area contributed by atoms with Crippen LogP contribution in [0, 0.1) is 0 Å². The van der Waals surface area contributed by atoms with E-state index in [1.54, 1.807) is 0 Å². The highest BCUT2D eigenvalue weighted by atomic mass is 32.2. The highest BCUT2D eigenvalue weighted by Gasteiger charge is 2.28. The maximum Gasteiger partial charge on any atom is 0.161 e. The summed E-state index contributed by atoms with van der Waals surface area (Å²) >= 11 is -5.12. The molecule has 0 aliphatic rings. The zero-order chi connectivity index (χ0) is 18.4. The number of carbonyl (C=O) groups excluding carboxylic acids is 1. The average Bonchev–Trinajstić information content (AvgIpc) is 2.53. The third-order valence-electron chi connectivity index (χ3n) is 4.24. The molecule has 0 fully saturated rings. The van der Waals surface area contributed by atoms with Gasteiger partial charge in [-0.2, -0.15) is 0 Å². The maximum atomic E-state index is 12.4. The molecule has 0 heterocycles. The van der Waals surface area contributed by atoms with Crippen molar-refractivity contribution in [3.05, 3.63) is 0 Å². The van der Waals surface area contributed by atoms with Gasteiger partial charge in [0, 0.05) is 0 Å². The third-order valence-corrected chi connectivity index (χ3v) is 6.10. The zero-order valence-electron chi connectivity index (χ0n) is 15.0. The molecule has 0 aliphatic heterocycles. The number of Topliss-reactive ketones (excluding diaryl/α,β-unsaturated/α-hetero) is 1. The Bertz CT molecular complexity index is 353. The number of hydrogen-bond donors (Lipinski definition) is 0. The van der Waals surface area contributed by atoms with Gasteiger partial charge in [-0.15, -0.1) is 0 Å². The smallest absolute Gasteiger partial charge is 0.161 e. The fourth-order valence-electron chi connectivity index (χ4n) is 2.74. The lowest BCUT2D eigenvalue weighted by molar-refractivity contribution is -0.118. The van der Waals surface area contributed by atoms with Crippen molar-refractivity contribution in [2.45, 2.75) is 101 Å². The molecule has 0 saturated heterocycles. The van der Waals surface area contributed by atoms with E-state index >= 15 is 0 Å². The molecule has 0 saturated carbocycles. The molecule has 0 aromatic rings. The van der Waals surface area contributed by atoms with Crippen LogP contribution in [0.15, 0.2) is 0 Å². The Hall–Kier alpha value is -0.110. The summed E-state index contributed by atoms with van der Waals surface area (Å²) in [6.45, 7) is 4.18. The van der Waals surface area contributed by atoms with Gasteiger partial charge < -0.3 is 9.11 Å². The van der Waals surface area contributed by atoms with Gasteiger partial charge >= 0.3 is 0 Å². The standard InChI is InChI=1S/C17H34O5S2/c1-3-5-7-9-11-13-15(23(19)20)17(18)16(24(21)22)14-12-10-8-6-4-2/h15-16H,3-14H2,1-2H3,(H,19,20)(H,21,22)/p-2. The predicted molar refractivity (Wildman–Crippen MR) is 97.2 cm³/mol. The summed E-state index contributed by atoms with van der Waals surface area (Å²) in [6, 6.07) is 0. The SMILES string of the molecule is CCCCCCCC(C(=O)C(CCCCCCC)S(=O)[O-])S(=O)[O-]. The van der Waals surface area contributed by atoms with Crippen molar-refractivity contribution < 1.29 is 22.3 Å². The summed E-state index contributed by atoms with van der Waals surface area (Å²) in [5.41, 5.74) is 0. The van der Waals surface area contributed by atoms with Gasteiger partial charge in [0.15, 0.2) is 5.78 Å². The lowest BCUT2D eigenvalue weighted by Gasteiger charge is -2.25. The molecule has 5 nitrogen and oxygen atoms in total. The molecular formula is C17H32O5S2-2. The molecular weight excluding hydrogens is 348 g/mol. The Morgan fingerprint density at radius 1 is 0.708 bits per heavy atom. The van der Waals surface area contributed by atoms with Gasteiger partial charge in [0.1, 0.15) is 0 Å². The van der Waals surface area contributed by atoms with Crippen LogP contribution in [0.25, 0.3) is 0 Å². The molecule has 24 heavy (non-hydrogen) atoms. The first-order chi connectivity index (χ1) is 11.5. The first-order valence-corrected chi connectivity index (χ1v) is 11.4. The van der Waals surface area contributed by atoms with E-state index in [1.165, 1.54) is 0 Å². The second kappa shape index (κ2) is 15.2. The van der Waals surface area contributed by atoms with E-state index in [1.807, 2.05) is 0 Å². The molecule has 7 heteroatoms. The minimum absolute atomic E-state index is 0.224. The summed E-state index contributed by atoms with van der Waals surface area (Å²) in [4.78, 5) is 12.4. The van der Waals surface area contributed by atoms with Crippen molar-refractivity contribution >= 4 is 27.9 Å². The molecule has 0 amide bonds. The Balaban J connectivity index is 4.51. The summed E-state index contributed by atoms with van der Waals surface area (Å²) in [7, 11) is 0. The van der Waals surface area contributed by atoms with Gasteiger partial charge in [0.05, 0.1) is 10.5 Å². The number of ketones is 1. The van der Waals surface area contributed by atoms with Crippen molar-refractivity contribution in [1.82, 2.24) is 0 Å². The molecule has 0 spiro atoms. The zero-order valence-corrected chi connectivity index (χ0v) is 16.6. The van der Waals surface area contributed by atoms with Crippen LogP contribution in [-0.4, -0.2) is 33.8 Å². The van der Waals surface area contributed by atoms with Crippen molar-refractivity contribution in [3.8, 4) is 0 Å². The summed E-state index contributed by atoms with van der Waals surface area (Å²) in [6.07, 6.45) is 9.84. The van der Waals surface area contributed by atoms with E-state index in [-0.39, 0.29) is 12.8 Å². The van der Waals surface area contributed by atoms with Crippen molar-refractivity contribution in [1.29, 1.82) is 0 Å². The van der Waals surface area contributed by atoms with Crippen LogP contribution in [-0.2, 0) is 27.0 Å². The van der Waals surface area contributed by atoms with E-state index in [0.29, 0.717) is 12.8 Å². The van der Waals surface area contributed by atoms with Crippen molar-refractivity contribution in [3.63, 3.8) is 0 Å². The molecule has 4 atom stereocenters. The Morgan fingerprint density at radius 2 is 1.04 bits per heavy atom. The lowest BCUT2D eigenvalue weighted by Crippen LogP contribution is -2.37. The van der Waals surface area contributed by atoms with E-state index in [4.69, 9.17) is 0 Å². The van der Waals surface area contributed by atoms with Gasteiger partial charge in [-0.05, 0) is 35.0 Å². The molecule has 0 aliphatic carbocycles. The predicted octanol–water partition coefficient (Wildman–Crippen LogP) is 3.77. The second-order valence-corrected chi connectivity index (χ2v) is 8.49. The van der Waals surface area contributed by atoms with E-state index in [9.17, 15) is 22.3 Å². The minimum Gasteiger partial charge on any atom is -0.772 e. The van der Waals surface area contributed by atoms with Gasteiger partial charge in [0.25, 0.3) is 0 Å². The Morgan fingerprint density at radius 3 is 1.33 bits per heavy atom. The average molecular weight is 381 g/mol. The van der Waals surface area contributed by atoms with Gasteiger partial charge in [0.2, 0.25) is 0 Å². The Labute approximate surface area is 151 Å². The van der Waals surface area contributed by atoms with Gasteiger partial charge in [-0.3, -0.25) is 13.2 Å². The van der Waals surface area contributed by atoms with Crippen molar-refractivity contribution in [2.24, 2.45) is 0 Å². The van der Waals surface area contributed by atoms with Crippen LogP contribution < -0.4 is 0 Å². The summed E-state index contributed by atoms with van der Waals surface area (Å²) < 4.78 is 45.5. The highest BCUT2D eigenvalue weighted by molar-refractivity contribution is 7.82. The first-order valence-electron chi connectivity index (χ1n) is 9.15. The van der Waals surface area contributed by atoms with Crippen molar-refractivity contribution in [2.75, 3.05) is 0 Å². The molecule has 0 radical (unpaired) electrons.